The molecule has 0 bridgehead atoms. The van der Waals surface area contributed by atoms with E-state index in [0.29, 0.717) is 49.3 Å². The van der Waals surface area contributed by atoms with E-state index >= 15 is 0 Å². The number of amides is 1. The number of hydrogen-bond acceptors (Lipinski definition) is 4. The molecule has 37 heavy (non-hydrogen) atoms. The highest BCUT2D eigenvalue weighted by Gasteiger charge is 2.30. The molecule has 1 aliphatic rings. The smallest absolute Gasteiger partial charge is 0.257 e. The zero-order chi connectivity index (χ0) is 25.8. The molecule has 6 heteroatoms. The Hall–Kier alpha value is -3.77. The molecule has 2 N–H and O–H groups in total. The summed E-state index contributed by atoms with van der Waals surface area (Å²) in [7, 11) is 0. The van der Waals surface area contributed by atoms with Crippen LogP contribution in [0.3, 0.4) is 0 Å². The minimum atomic E-state index is -0.346. The van der Waals surface area contributed by atoms with Gasteiger partial charge < -0.3 is 10.6 Å². The van der Waals surface area contributed by atoms with E-state index in [2.05, 4.69) is 0 Å². The summed E-state index contributed by atoms with van der Waals surface area (Å²) in [6, 6.07) is 23.5. The van der Waals surface area contributed by atoms with Crippen molar-refractivity contribution in [3.05, 3.63) is 111 Å². The molecule has 0 saturated heterocycles. The maximum atomic E-state index is 14.0. The van der Waals surface area contributed by atoms with Crippen LogP contribution >= 0.6 is 0 Å². The van der Waals surface area contributed by atoms with Crippen molar-refractivity contribution in [3.63, 3.8) is 0 Å². The van der Waals surface area contributed by atoms with Crippen LogP contribution in [0.5, 0.6) is 0 Å². The summed E-state index contributed by atoms with van der Waals surface area (Å²) in [5, 5.41) is 2.11. The van der Waals surface area contributed by atoms with Gasteiger partial charge >= 0.3 is 0 Å². The molecular formula is C31H34N4O2. The Morgan fingerprint density at radius 2 is 1.78 bits per heavy atom. The number of aryl methyl sites for hydroxylation is 1. The predicted octanol–water partition coefficient (Wildman–Crippen LogP) is 4.88. The van der Waals surface area contributed by atoms with Crippen LogP contribution in [0.1, 0.15) is 65.2 Å². The molecule has 0 aliphatic carbocycles. The van der Waals surface area contributed by atoms with Crippen LogP contribution in [-0.4, -0.2) is 33.4 Å². The van der Waals surface area contributed by atoms with Gasteiger partial charge in [0.1, 0.15) is 5.82 Å². The molecule has 190 valence electrons. The first-order chi connectivity index (χ1) is 18.1. The molecular weight excluding hydrogens is 460 g/mol. The maximum absolute atomic E-state index is 14.0. The largest absolute Gasteiger partial charge is 0.329 e. The van der Waals surface area contributed by atoms with E-state index in [1.54, 1.807) is 0 Å². The summed E-state index contributed by atoms with van der Waals surface area (Å²) in [6.45, 7) is 3.46. The SMILES string of the molecule is CCC(c1nc2n(c(=O)c1Cc1ccccc1)CCCC2)N(CCN)C(=O)c1ccc2ccccc2c1. The predicted molar refractivity (Wildman–Crippen MR) is 148 cm³/mol. The molecule has 1 aromatic heterocycles. The minimum Gasteiger partial charge on any atom is -0.329 e. The highest BCUT2D eigenvalue weighted by Crippen LogP contribution is 2.29. The average Bonchev–Trinajstić information content (AvgIpc) is 2.94. The molecule has 1 unspecified atom stereocenters. The third kappa shape index (κ3) is 5.07. The Morgan fingerprint density at radius 3 is 2.54 bits per heavy atom. The Bertz CT molecular complexity index is 1460. The first-order valence-corrected chi connectivity index (χ1v) is 13.3. The fourth-order valence-corrected chi connectivity index (χ4v) is 5.46. The van der Waals surface area contributed by atoms with Crippen LogP contribution in [0, 0.1) is 0 Å². The Morgan fingerprint density at radius 1 is 1.03 bits per heavy atom. The van der Waals surface area contributed by atoms with Crippen LogP contribution in [-0.2, 0) is 19.4 Å². The summed E-state index contributed by atoms with van der Waals surface area (Å²) in [6.07, 6.45) is 3.90. The fourth-order valence-electron chi connectivity index (χ4n) is 5.46. The molecule has 0 spiro atoms. The van der Waals surface area contributed by atoms with Gasteiger partial charge in [0.15, 0.2) is 0 Å². The number of nitrogens with two attached hydrogens (primary N) is 1. The van der Waals surface area contributed by atoms with Crippen LogP contribution < -0.4 is 11.3 Å². The van der Waals surface area contributed by atoms with E-state index in [-0.39, 0.29) is 17.5 Å². The number of benzene rings is 3. The van der Waals surface area contributed by atoms with Gasteiger partial charge in [0.05, 0.1) is 11.7 Å². The van der Waals surface area contributed by atoms with Crippen LogP contribution in [0.25, 0.3) is 10.8 Å². The number of carbonyl (C=O) groups excluding carboxylic acids is 1. The van der Waals surface area contributed by atoms with E-state index in [9.17, 15) is 9.59 Å². The van der Waals surface area contributed by atoms with Crippen molar-refractivity contribution in [2.45, 2.75) is 51.6 Å². The first-order valence-electron chi connectivity index (χ1n) is 13.3. The minimum absolute atomic E-state index is 0.0212. The second-order valence-electron chi connectivity index (χ2n) is 9.74. The lowest BCUT2D eigenvalue weighted by molar-refractivity contribution is 0.0671. The van der Waals surface area contributed by atoms with E-state index in [1.165, 1.54) is 0 Å². The van der Waals surface area contributed by atoms with Gasteiger partial charge in [-0.25, -0.2) is 4.98 Å². The third-order valence-corrected chi connectivity index (χ3v) is 7.34. The highest BCUT2D eigenvalue weighted by atomic mass is 16.2. The number of hydrogen-bond donors (Lipinski definition) is 1. The average molecular weight is 495 g/mol. The lowest BCUT2D eigenvalue weighted by Gasteiger charge is -2.33. The van der Waals surface area contributed by atoms with Crippen LogP contribution in [0.15, 0.2) is 77.6 Å². The van der Waals surface area contributed by atoms with E-state index in [0.717, 1.165) is 41.4 Å². The van der Waals surface area contributed by atoms with Gasteiger partial charge in [-0.3, -0.25) is 14.2 Å². The number of fused-ring (bicyclic) bond motifs is 2. The van der Waals surface area contributed by atoms with Crippen molar-refractivity contribution in [1.29, 1.82) is 0 Å². The molecule has 5 rings (SSSR count). The Balaban J connectivity index is 1.61. The van der Waals surface area contributed by atoms with Gasteiger partial charge in [-0.2, -0.15) is 0 Å². The summed E-state index contributed by atoms with van der Waals surface area (Å²) < 4.78 is 1.84. The molecule has 6 nitrogen and oxygen atoms in total. The van der Waals surface area contributed by atoms with Crippen molar-refractivity contribution in [2.24, 2.45) is 5.73 Å². The standard InChI is InChI=1S/C31H34N4O2/c1-2-27(34(19-17-32)30(36)25-16-15-23-12-6-7-13-24(23)21-25)29-26(20-22-10-4-3-5-11-22)31(37)35-18-9-8-14-28(35)33-29/h3-7,10-13,15-16,21,27H,2,8-9,14,17-20,32H2,1H3. The van der Waals surface area contributed by atoms with Crippen LogP contribution in [0.2, 0.25) is 0 Å². The molecule has 1 atom stereocenters. The Kier molecular flexibility index (Phi) is 7.47. The van der Waals surface area contributed by atoms with Gasteiger partial charge in [0, 0.05) is 43.6 Å². The number of carbonyl (C=O) groups is 1. The summed E-state index contributed by atoms with van der Waals surface area (Å²) in [5.74, 6) is 0.737. The quantitative estimate of drug-likeness (QED) is 0.379. The first kappa shape index (κ1) is 24.9. The number of nitrogens with zero attached hydrogens (tertiary/aromatic N) is 3. The second-order valence-corrected chi connectivity index (χ2v) is 9.74. The van der Waals surface area contributed by atoms with E-state index in [4.69, 9.17) is 10.7 Å². The molecule has 4 aromatic rings. The molecule has 2 heterocycles. The van der Waals surface area contributed by atoms with Gasteiger partial charge in [0.25, 0.3) is 11.5 Å². The summed E-state index contributed by atoms with van der Waals surface area (Å²) in [5.41, 5.74) is 9.11. The van der Waals surface area contributed by atoms with Crippen molar-refractivity contribution in [2.75, 3.05) is 13.1 Å². The lowest BCUT2D eigenvalue weighted by Crippen LogP contribution is -2.41. The maximum Gasteiger partial charge on any atom is 0.257 e. The topological polar surface area (TPSA) is 81.2 Å². The molecule has 1 aliphatic heterocycles. The Labute approximate surface area is 217 Å². The molecule has 0 fully saturated rings. The van der Waals surface area contributed by atoms with Crippen molar-refractivity contribution < 1.29 is 4.79 Å². The second kappa shape index (κ2) is 11.1. The van der Waals surface area contributed by atoms with Crippen molar-refractivity contribution >= 4 is 16.7 Å². The lowest BCUT2D eigenvalue weighted by atomic mass is 9.96. The van der Waals surface area contributed by atoms with Gasteiger partial charge in [-0.05, 0) is 47.7 Å². The molecule has 3 aromatic carbocycles. The third-order valence-electron chi connectivity index (χ3n) is 7.34. The fraction of sp³-hybridized carbons (Fsp3) is 0.323. The van der Waals surface area contributed by atoms with Gasteiger partial charge in [-0.1, -0.05) is 67.6 Å². The summed E-state index contributed by atoms with van der Waals surface area (Å²) >= 11 is 0. The monoisotopic (exact) mass is 494 g/mol. The molecule has 0 radical (unpaired) electrons. The zero-order valence-corrected chi connectivity index (χ0v) is 21.4. The number of aromatic nitrogens is 2. The number of rotatable bonds is 8. The molecule has 1 amide bonds. The van der Waals surface area contributed by atoms with Gasteiger partial charge in [-0.15, -0.1) is 0 Å². The normalized spacial score (nSPS) is 13.8. The highest BCUT2D eigenvalue weighted by molar-refractivity contribution is 5.98. The van der Waals surface area contributed by atoms with E-state index < -0.39 is 0 Å². The van der Waals surface area contributed by atoms with Crippen LogP contribution in [0.4, 0.5) is 0 Å². The molecule has 0 saturated carbocycles. The summed E-state index contributed by atoms with van der Waals surface area (Å²) in [4.78, 5) is 34.7. The van der Waals surface area contributed by atoms with Crippen molar-refractivity contribution in [3.8, 4) is 0 Å². The zero-order valence-electron chi connectivity index (χ0n) is 21.4. The van der Waals surface area contributed by atoms with Crippen molar-refractivity contribution in [1.82, 2.24) is 14.5 Å². The van der Waals surface area contributed by atoms with Gasteiger partial charge in [0.2, 0.25) is 0 Å². The van der Waals surface area contributed by atoms with E-state index in [1.807, 2.05) is 89.2 Å².